The molecule has 1 saturated heterocycles. The molecule has 3 atom stereocenters. The number of hydrogen-bond donors (Lipinski definition) is 2. The summed E-state index contributed by atoms with van der Waals surface area (Å²) in [5, 5.41) is 13.2. The van der Waals surface area contributed by atoms with Crippen LogP contribution in [0.15, 0.2) is 24.3 Å². The minimum absolute atomic E-state index is 0.133. The molecule has 0 amide bonds. The van der Waals surface area contributed by atoms with Crippen molar-refractivity contribution in [2.24, 2.45) is 0 Å². The van der Waals surface area contributed by atoms with E-state index < -0.39 is 10.8 Å². The highest BCUT2D eigenvalue weighted by atomic mass is 32.2. The first-order valence-electron chi connectivity index (χ1n) is 8.06. The van der Waals surface area contributed by atoms with E-state index in [0.29, 0.717) is 0 Å². The van der Waals surface area contributed by atoms with Crippen LogP contribution in [-0.4, -0.2) is 46.6 Å². The van der Waals surface area contributed by atoms with Crippen LogP contribution in [0.3, 0.4) is 0 Å². The van der Waals surface area contributed by atoms with E-state index in [1.54, 1.807) is 6.26 Å². The second-order valence-corrected chi connectivity index (χ2v) is 8.05. The Morgan fingerprint density at radius 1 is 1.27 bits per heavy atom. The molecule has 1 aliphatic rings. The molecular formula is C17H28N2O2S. The molecule has 124 valence electrons. The van der Waals surface area contributed by atoms with Gasteiger partial charge in [0, 0.05) is 53.7 Å². The minimum atomic E-state index is -0.783. The number of benzene rings is 1. The maximum absolute atomic E-state index is 11.4. The molecule has 0 bridgehead atoms. The molecule has 0 saturated carbocycles. The van der Waals surface area contributed by atoms with Crippen molar-refractivity contribution < 1.29 is 9.32 Å². The second kappa shape index (κ2) is 8.09. The molecule has 1 aliphatic heterocycles. The zero-order chi connectivity index (χ0) is 16.1. The van der Waals surface area contributed by atoms with Crippen molar-refractivity contribution in [3.63, 3.8) is 0 Å². The predicted molar refractivity (Wildman–Crippen MR) is 93.8 cm³/mol. The molecule has 0 spiro atoms. The topological polar surface area (TPSA) is 52.6 Å². The van der Waals surface area contributed by atoms with E-state index in [-0.39, 0.29) is 17.4 Å². The van der Waals surface area contributed by atoms with Gasteiger partial charge in [0.05, 0.1) is 6.10 Å². The Morgan fingerprint density at radius 3 is 2.41 bits per heavy atom. The molecule has 0 aromatic heterocycles. The normalized spacial score (nSPS) is 20.6. The van der Waals surface area contributed by atoms with Gasteiger partial charge in [-0.1, -0.05) is 12.1 Å². The highest BCUT2D eigenvalue weighted by Gasteiger charge is 2.17. The number of nitrogens with zero attached hydrogens (tertiary/aromatic N) is 1. The van der Waals surface area contributed by atoms with Gasteiger partial charge in [0.15, 0.2) is 0 Å². The van der Waals surface area contributed by atoms with Gasteiger partial charge in [0.25, 0.3) is 0 Å². The molecule has 0 aliphatic carbocycles. The monoisotopic (exact) mass is 324 g/mol. The van der Waals surface area contributed by atoms with Crippen molar-refractivity contribution in [2.75, 3.05) is 30.8 Å². The number of aliphatic hydroxyl groups is 1. The third-order valence-corrected chi connectivity index (χ3v) is 5.80. The first kappa shape index (κ1) is 17.4. The summed E-state index contributed by atoms with van der Waals surface area (Å²) in [7, 11) is -0.783. The van der Waals surface area contributed by atoms with Gasteiger partial charge in [0.2, 0.25) is 0 Å². The standard InChI is InChI=1S/C17H28N2O2S/c1-13(22(3)21)12-18-14(2)15-4-6-16(7-5-15)19-10-8-17(20)9-11-19/h4-7,13-14,17-18,20H,8-12H2,1-3H3. The Hall–Kier alpha value is -0.910. The summed E-state index contributed by atoms with van der Waals surface area (Å²) in [5.41, 5.74) is 2.47. The van der Waals surface area contributed by atoms with Crippen LogP contribution >= 0.6 is 0 Å². The third kappa shape index (κ3) is 4.80. The molecule has 4 nitrogen and oxygen atoms in total. The van der Waals surface area contributed by atoms with Crippen LogP contribution in [0.1, 0.15) is 38.3 Å². The molecule has 2 rings (SSSR count). The van der Waals surface area contributed by atoms with E-state index in [4.69, 9.17) is 0 Å². The van der Waals surface area contributed by atoms with Crippen molar-refractivity contribution in [1.29, 1.82) is 0 Å². The van der Waals surface area contributed by atoms with Crippen LogP contribution in [0.5, 0.6) is 0 Å². The maximum atomic E-state index is 11.4. The SMILES string of the molecule is CC(NCC(C)S(C)=O)c1ccc(N2CCC(O)CC2)cc1. The van der Waals surface area contributed by atoms with Crippen molar-refractivity contribution in [2.45, 2.75) is 44.1 Å². The summed E-state index contributed by atoms with van der Waals surface area (Å²) >= 11 is 0. The summed E-state index contributed by atoms with van der Waals surface area (Å²) < 4.78 is 11.4. The average molecular weight is 324 g/mol. The molecule has 1 fully saturated rings. The van der Waals surface area contributed by atoms with Crippen molar-refractivity contribution in [3.05, 3.63) is 29.8 Å². The number of aliphatic hydroxyl groups excluding tert-OH is 1. The second-order valence-electron chi connectivity index (χ2n) is 6.25. The molecule has 22 heavy (non-hydrogen) atoms. The Kier molecular flexibility index (Phi) is 6.41. The average Bonchev–Trinajstić information content (AvgIpc) is 2.53. The quantitative estimate of drug-likeness (QED) is 0.841. The van der Waals surface area contributed by atoms with Crippen LogP contribution in [0.25, 0.3) is 0 Å². The number of nitrogens with one attached hydrogen (secondary N) is 1. The summed E-state index contributed by atoms with van der Waals surface area (Å²) in [6, 6.07) is 8.89. The van der Waals surface area contributed by atoms with Crippen LogP contribution in [-0.2, 0) is 10.8 Å². The van der Waals surface area contributed by atoms with Gasteiger partial charge < -0.3 is 15.3 Å². The number of anilines is 1. The lowest BCUT2D eigenvalue weighted by Crippen LogP contribution is -2.35. The number of rotatable bonds is 6. The summed E-state index contributed by atoms with van der Waals surface area (Å²) in [6.45, 7) is 6.75. The fourth-order valence-electron chi connectivity index (χ4n) is 2.68. The molecule has 5 heteroatoms. The highest BCUT2D eigenvalue weighted by Crippen LogP contribution is 2.22. The smallest absolute Gasteiger partial charge is 0.0574 e. The largest absolute Gasteiger partial charge is 0.393 e. The lowest BCUT2D eigenvalue weighted by molar-refractivity contribution is 0.145. The van der Waals surface area contributed by atoms with Crippen molar-refractivity contribution in [3.8, 4) is 0 Å². The Bertz CT molecular complexity index is 484. The molecule has 2 N–H and O–H groups in total. The molecule has 1 heterocycles. The first-order valence-corrected chi connectivity index (χ1v) is 9.68. The molecule has 3 unspecified atom stereocenters. The van der Waals surface area contributed by atoms with Crippen LogP contribution < -0.4 is 10.2 Å². The summed E-state index contributed by atoms with van der Waals surface area (Å²) in [4.78, 5) is 2.33. The number of piperidine rings is 1. The zero-order valence-electron chi connectivity index (χ0n) is 13.8. The van der Waals surface area contributed by atoms with Gasteiger partial charge in [-0.15, -0.1) is 0 Å². The molecule has 1 aromatic carbocycles. The maximum Gasteiger partial charge on any atom is 0.0574 e. The van der Waals surface area contributed by atoms with Crippen LogP contribution in [0.4, 0.5) is 5.69 Å². The van der Waals surface area contributed by atoms with E-state index in [9.17, 15) is 9.32 Å². The van der Waals surface area contributed by atoms with Crippen LogP contribution in [0.2, 0.25) is 0 Å². The van der Waals surface area contributed by atoms with E-state index in [1.807, 2.05) is 6.92 Å². The molecule has 0 radical (unpaired) electrons. The van der Waals surface area contributed by atoms with Crippen molar-refractivity contribution >= 4 is 16.5 Å². The van der Waals surface area contributed by atoms with E-state index >= 15 is 0 Å². The fraction of sp³-hybridized carbons (Fsp3) is 0.647. The lowest BCUT2D eigenvalue weighted by Gasteiger charge is -2.31. The van der Waals surface area contributed by atoms with Gasteiger partial charge in [-0.25, -0.2) is 0 Å². The summed E-state index contributed by atoms with van der Waals surface area (Å²) in [6.07, 6.45) is 3.32. The number of hydrogen-bond acceptors (Lipinski definition) is 4. The van der Waals surface area contributed by atoms with E-state index in [0.717, 1.165) is 32.5 Å². The molecule has 1 aromatic rings. The Balaban J connectivity index is 1.89. The van der Waals surface area contributed by atoms with Gasteiger partial charge in [-0.3, -0.25) is 4.21 Å². The zero-order valence-corrected chi connectivity index (χ0v) is 14.6. The van der Waals surface area contributed by atoms with Gasteiger partial charge >= 0.3 is 0 Å². The lowest BCUT2D eigenvalue weighted by atomic mass is 10.0. The van der Waals surface area contributed by atoms with E-state index in [1.165, 1.54) is 11.3 Å². The van der Waals surface area contributed by atoms with Gasteiger partial charge in [-0.2, -0.15) is 0 Å². The first-order chi connectivity index (χ1) is 10.5. The van der Waals surface area contributed by atoms with E-state index in [2.05, 4.69) is 41.4 Å². The predicted octanol–water partition coefficient (Wildman–Crippen LogP) is 2.07. The fourth-order valence-corrected chi connectivity index (χ4v) is 3.01. The highest BCUT2D eigenvalue weighted by molar-refractivity contribution is 7.84. The Morgan fingerprint density at radius 2 is 1.86 bits per heavy atom. The third-order valence-electron chi connectivity index (χ3n) is 4.50. The van der Waals surface area contributed by atoms with Crippen molar-refractivity contribution in [1.82, 2.24) is 5.32 Å². The van der Waals surface area contributed by atoms with Gasteiger partial charge in [0.1, 0.15) is 0 Å². The minimum Gasteiger partial charge on any atom is -0.393 e. The Labute approximate surface area is 136 Å². The van der Waals surface area contributed by atoms with Crippen LogP contribution in [0, 0.1) is 0 Å². The summed E-state index contributed by atoms with van der Waals surface area (Å²) in [5.74, 6) is 0. The van der Waals surface area contributed by atoms with Gasteiger partial charge in [-0.05, 0) is 44.4 Å². The molecular weight excluding hydrogens is 296 g/mol.